The number of halogens is 1. The number of rotatable bonds is 0. The van der Waals surface area contributed by atoms with E-state index in [4.69, 9.17) is 5.73 Å². The minimum atomic E-state index is -0.237. The number of nitrogen functional groups attached to an aromatic ring is 1. The lowest BCUT2D eigenvalue weighted by Gasteiger charge is -2.20. The van der Waals surface area contributed by atoms with Crippen molar-refractivity contribution in [1.29, 1.82) is 0 Å². The van der Waals surface area contributed by atoms with Crippen molar-refractivity contribution >= 4 is 21.6 Å². The van der Waals surface area contributed by atoms with Gasteiger partial charge in [-0.15, -0.1) is 0 Å². The highest BCUT2D eigenvalue weighted by atomic mass is 79.9. The lowest BCUT2D eigenvalue weighted by atomic mass is 9.90. The van der Waals surface area contributed by atoms with Gasteiger partial charge in [0.05, 0.1) is 6.10 Å². The maximum atomic E-state index is 10.1. The van der Waals surface area contributed by atoms with Crippen molar-refractivity contribution in [2.45, 2.75) is 29.2 Å². The molecular weight excluding hydrogens is 242 g/mol. The van der Waals surface area contributed by atoms with Crippen LogP contribution in [0.3, 0.4) is 0 Å². The molecule has 0 spiro atoms. The molecule has 1 fully saturated rings. The zero-order valence-corrected chi connectivity index (χ0v) is 9.24. The predicted octanol–water partition coefficient (Wildman–Crippen LogP) is 1.98. The molecule has 0 amide bonds. The van der Waals surface area contributed by atoms with E-state index in [0.29, 0.717) is 4.83 Å². The van der Waals surface area contributed by atoms with Crippen molar-refractivity contribution in [3.63, 3.8) is 0 Å². The van der Waals surface area contributed by atoms with E-state index in [0.717, 1.165) is 12.1 Å². The molecule has 3 heteroatoms. The molecule has 2 aliphatic rings. The molecular formula is C11H12BrNO. The summed E-state index contributed by atoms with van der Waals surface area (Å²) in [5, 5.41) is 10.1. The van der Waals surface area contributed by atoms with E-state index in [1.807, 2.05) is 12.1 Å². The van der Waals surface area contributed by atoms with Crippen molar-refractivity contribution in [3.05, 3.63) is 29.3 Å². The van der Waals surface area contributed by atoms with Gasteiger partial charge in [-0.1, -0.05) is 28.1 Å². The molecule has 0 aliphatic heterocycles. The second-order valence-electron chi connectivity index (χ2n) is 4.22. The standard InChI is InChI=1S/C11H12BrNO/c12-7-4-6-9-5(10(7)11(6)14)2-1-3-8(9)13/h1-3,6-7,10-11,14H,4,13H2. The summed E-state index contributed by atoms with van der Waals surface area (Å²) in [7, 11) is 0. The summed E-state index contributed by atoms with van der Waals surface area (Å²) in [5.74, 6) is 0.499. The van der Waals surface area contributed by atoms with Gasteiger partial charge in [0.2, 0.25) is 0 Å². The van der Waals surface area contributed by atoms with Crippen LogP contribution in [0.4, 0.5) is 5.69 Å². The van der Waals surface area contributed by atoms with Crippen LogP contribution in [-0.4, -0.2) is 16.0 Å². The van der Waals surface area contributed by atoms with Crippen LogP contribution in [0.1, 0.15) is 29.4 Å². The molecule has 2 nitrogen and oxygen atoms in total. The first-order chi connectivity index (χ1) is 6.70. The molecule has 0 heterocycles. The molecule has 3 N–H and O–H groups in total. The molecule has 0 saturated heterocycles. The highest BCUT2D eigenvalue weighted by molar-refractivity contribution is 9.09. The van der Waals surface area contributed by atoms with Gasteiger partial charge in [-0.05, 0) is 23.6 Å². The third-order valence-corrected chi connectivity index (χ3v) is 4.50. The molecule has 14 heavy (non-hydrogen) atoms. The number of anilines is 1. The van der Waals surface area contributed by atoms with Crippen molar-refractivity contribution in [2.75, 3.05) is 5.73 Å². The lowest BCUT2D eigenvalue weighted by molar-refractivity contribution is 0.160. The number of benzene rings is 1. The Balaban J connectivity index is 2.22. The summed E-state index contributed by atoms with van der Waals surface area (Å²) in [6.45, 7) is 0. The molecule has 1 saturated carbocycles. The Labute approximate surface area is 91.2 Å². The zero-order valence-electron chi connectivity index (χ0n) is 7.65. The molecule has 1 aromatic carbocycles. The number of hydrogen-bond acceptors (Lipinski definition) is 2. The lowest BCUT2D eigenvalue weighted by Crippen LogP contribution is -2.13. The van der Waals surface area contributed by atoms with Crippen molar-refractivity contribution in [1.82, 2.24) is 0 Å². The van der Waals surface area contributed by atoms with E-state index in [-0.39, 0.29) is 17.9 Å². The fourth-order valence-electron chi connectivity index (χ4n) is 2.98. The SMILES string of the molecule is Nc1cccc2c1C1CC(Br)C2C1O. The molecule has 4 atom stereocenters. The Kier molecular flexibility index (Phi) is 1.71. The van der Waals surface area contributed by atoms with Crippen LogP contribution in [0.15, 0.2) is 18.2 Å². The van der Waals surface area contributed by atoms with Gasteiger partial charge in [-0.2, -0.15) is 0 Å². The van der Waals surface area contributed by atoms with Crippen LogP contribution >= 0.6 is 15.9 Å². The molecule has 2 bridgehead atoms. The fourth-order valence-corrected chi connectivity index (χ4v) is 3.98. The van der Waals surface area contributed by atoms with Crippen LogP contribution < -0.4 is 5.73 Å². The quantitative estimate of drug-likeness (QED) is 0.549. The average Bonchev–Trinajstić information content (AvgIpc) is 2.56. The van der Waals surface area contributed by atoms with E-state index < -0.39 is 0 Å². The van der Waals surface area contributed by atoms with Gasteiger partial charge in [0.25, 0.3) is 0 Å². The van der Waals surface area contributed by atoms with E-state index >= 15 is 0 Å². The fraction of sp³-hybridized carbons (Fsp3) is 0.455. The summed E-state index contributed by atoms with van der Waals surface area (Å²) in [4.78, 5) is 0.414. The Hall–Kier alpha value is -0.540. The minimum absolute atomic E-state index is 0.237. The Morgan fingerprint density at radius 3 is 3.00 bits per heavy atom. The Morgan fingerprint density at radius 2 is 2.21 bits per heavy atom. The van der Waals surface area contributed by atoms with Crippen molar-refractivity contribution < 1.29 is 5.11 Å². The third-order valence-electron chi connectivity index (χ3n) is 3.55. The van der Waals surface area contributed by atoms with Gasteiger partial charge < -0.3 is 10.8 Å². The molecule has 74 valence electrons. The second-order valence-corrected chi connectivity index (χ2v) is 5.40. The predicted molar refractivity (Wildman–Crippen MR) is 59.7 cm³/mol. The largest absolute Gasteiger partial charge is 0.398 e. The Morgan fingerprint density at radius 1 is 1.43 bits per heavy atom. The highest BCUT2D eigenvalue weighted by Gasteiger charge is 2.50. The second kappa shape index (κ2) is 2.74. The first-order valence-electron chi connectivity index (χ1n) is 4.90. The smallest absolute Gasteiger partial charge is 0.0689 e. The van der Waals surface area contributed by atoms with E-state index in [1.165, 1.54) is 11.1 Å². The first kappa shape index (κ1) is 8.74. The number of nitrogens with two attached hydrogens (primary N) is 1. The summed E-state index contributed by atoms with van der Waals surface area (Å²) in [6, 6.07) is 5.99. The van der Waals surface area contributed by atoms with Crippen molar-refractivity contribution in [2.24, 2.45) is 0 Å². The number of aliphatic hydroxyl groups is 1. The van der Waals surface area contributed by atoms with Crippen LogP contribution in [0, 0.1) is 0 Å². The number of alkyl halides is 1. The van der Waals surface area contributed by atoms with Crippen molar-refractivity contribution in [3.8, 4) is 0 Å². The van der Waals surface area contributed by atoms with Gasteiger partial charge in [-0.25, -0.2) is 0 Å². The van der Waals surface area contributed by atoms with Crippen LogP contribution in [0.25, 0.3) is 0 Å². The number of fused-ring (bicyclic) bond motifs is 5. The summed E-state index contributed by atoms with van der Waals surface area (Å²) in [6.07, 6.45) is 0.770. The summed E-state index contributed by atoms with van der Waals surface area (Å²) >= 11 is 3.63. The number of hydrogen-bond donors (Lipinski definition) is 2. The molecule has 0 aromatic heterocycles. The molecule has 2 aliphatic carbocycles. The number of aliphatic hydroxyl groups excluding tert-OH is 1. The Bertz CT molecular complexity index is 393. The molecule has 0 radical (unpaired) electrons. The monoisotopic (exact) mass is 253 g/mol. The molecule has 3 rings (SSSR count). The van der Waals surface area contributed by atoms with Crippen LogP contribution in [-0.2, 0) is 0 Å². The maximum Gasteiger partial charge on any atom is 0.0689 e. The summed E-state index contributed by atoms with van der Waals surface area (Å²) < 4.78 is 0. The summed E-state index contributed by atoms with van der Waals surface area (Å²) in [5.41, 5.74) is 9.22. The van der Waals surface area contributed by atoms with Gasteiger partial charge in [0.1, 0.15) is 0 Å². The molecule has 4 unspecified atom stereocenters. The zero-order chi connectivity index (χ0) is 9.87. The minimum Gasteiger partial charge on any atom is -0.398 e. The molecule has 1 aromatic rings. The normalized spacial score (nSPS) is 38.7. The van der Waals surface area contributed by atoms with Crippen LogP contribution in [0.5, 0.6) is 0 Å². The topological polar surface area (TPSA) is 46.2 Å². The van der Waals surface area contributed by atoms with Gasteiger partial charge in [-0.3, -0.25) is 0 Å². The van der Waals surface area contributed by atoms with E-state index in [2.05, 4.69) is 22.0 Å². The van der Waals surface area contributed by atoms with Gasteiger partial charge in [0.15, 0.2) is 0 Å². The first-order valence-corrected chi connectivity index (χ1v) is 5.82. The highest BCUT2D eigenvalue weighted by Crippen LogP contribution is 2.57. The van der Waals surface area contributed by atoms with Gasteiger partial charge in [0, 0.05) is 22.4 Å². The van der Waals surface area contributed by atoms with E-state index in [9.17, 15) is 5.11 Å². The van der Waals surface area contributed by atoms with Gasteiger partial charge >= 0.3 is 0 Å². The van der Waals surface area contributed by atoms with E-state index in [1.54, 1.807) is 0 Å². The third kappa shape index (κ3) is 0.894. The van der Waals surface area contributed by atoms with Crippen LogP contribution in [0.2, 0.25) is 0 Å². The maximum absolute atomic E-state index is 10.1. The average molecular weight is 254 g/mol.